The van der Waals surface area contributed by atoms with Gasteiger partial charge < -0.3 is 5.73 Å². The standard InChI is InChI=1S/C13H9FN2S2/c14-8-2-1-3-10(6-8)17-13-16-11-5-4-9(15)7-12(11)18-13/h1-7H,15H2. The molecule has 0 saturated carbocycles. The first-order valence-electron chi connectivity index (χ1n) is 5.30. The van der Waals surface area contributed by atoms with E-state index in [-0.39, 0.29) is 5.82 Å². The zero-order valence-corrected chi connectivity index (χ0v) is 10.9. The molecule has 0 aliphatic carbocycles. The molecular weight excluding hydrogens is 267 g/mol. The predicted octanol–water partition coefficient (Wildman–Crippen LogP) is 4.17. The summed E-state index contributed by atoms with van der Waals surface area (Å²) in [5, 5.41) is 0. The molecule has 0 radical (unpaired) electrons. The van der Waals surface area contributed by atoms with Crippen LogP contribution in [-0.2, 0) is 0 Å². The minimum Gasteiger partial charge on any atom is -0.399 e. The van der Waals surface area contributed by atoms with Gasteiger partial charge in [-0.05, 0) is 36.4 Å². The first kappa shape index (κ1) is 11.5. The van der Waals surface area contributed by atoms with Gasteiger partial charge in [-0.15, -0.1) is 11.3 Å². The van der Waals surface area contributed by atoms with Gasteiger partial charge in [0.15, 0.2) is 4.34 Å². The summed E-state index contributed by atoms with van der Waals surface area (Å²) in [6.07, 6.45) is 0. The van der Waals surface area contributed by atoms with Crippen molar-refractivity contribution < 1.29 is 4.39 Å². The summed E-state index contributed by atoms with van der Waals surface area (Å²) in [4.78, 5) is 5.33. The zero-order chi connectivity index (χ0) is 12.5. The molecule has 0 aliphatic heterocycles. The van der Waals surface area contributed by atoms with Crippen LogP contribution in [0.2, 0.25) is 0 Å². The van der Waals surface area contributed by atoms with E-state index in [0.717, 1.165) is 25.1 Å². The van der Waals surface area contributed by atoms with Gasteiger partial charge in [0.1, 0.15) is 5.82 Å². The maximum Gasteiger partial charge on any atom is 0.155 e. The molecule has 1 heterocycles. The first-order valence-corrected chi connectivity index (χ1v) is 6.93. The van der Waals surface area contributed by atoms with E-state index in [1.165, 1.54) is 23.9 Å². The Morgan fingerprint density at radius 3 is 2.89 bits per heavy atom. The Hall–Kier alpha value is -1.59. The van der Waals surface area contributed by atoms with Crippen molar-refractivity contribution in [2.75, 3.05) is 5.73 Å². The number of nitrogen functional groups attached to an aromatic ring is 1. The van der Waals surface area contributed by atoms with Gasteiger partial charge in [-0.1, -0.05) is 17.8 Å². The van der Waals surface area contributed by atoms with E-state index in [1.807, 2.05) is 24.3 Å². The van der Waals surface area contributed by atoms with Crippen molar-refractivity contribution in [3.8, 4) is 0 Å². The van der Waals surface area contributed by atoms with Crippen LogP contribution in [-0.4, -0.2) is 4.98 Å². The van der Waals surface area contributed by atoms with Gasteiger partial charge in [0.25, 0.3) is 0 Å². The Balaban J connectivity index is 1.95. The second-order valence-electron chi connectivity index (χ2n) is 3.77. The van der Waals surface area contributed by atoms with Gasteiger partial charge in [0.2, 0.25) is 0 Å². The molecule has 0 spiro atoms. The number of halogens is 1. The maximum atomic E-state index is 13.1. The minimum absolute atomic E-state index is 0.231. The number of rotatable bonds is 2. The normalized spacial score (nSPS) is 10.9. The molecule has 18 heavy (non-hydrogen) atoms. The number of anilines is 1. The molecule has 0 saturated heterocycles. The molecule has 0 aliphatic rings. The Kier molecular flexibility index (Phi) is 2.93. The lowest BCUT2D eigenvalue weighted by Gasteiger charge is -1.96. The molecule has 0 unspecified atom stereocenters. The molecular formula is C13H9FN2S2. The largest absolute Gasteiger partial charge is 0.399 e. The van der Waals surface area contributed by atoms with Crippen molar-refractivity contribution in [2.45, 2.75) is 9.24 Å². The number of nitrogens with zero attached hydrogens (tertiary/aromatic N) is 1. The number of benzene rings is 2. The Labute approximate surface area is 112 Å². The second-order valence-corrected chi connectivity index (χ2v) is 6.12. The number of aromatic nitrogens is 1. The molecule has 2 nitrogen and oxygen atoms in total. The molecule has 90 valence electrons. The quantitative estimate of drug-likeness (QED) is 0.714. The maximum absolute atomic E-state index is 13.1. The number of nitrogens with two attached hydrogens (primary N) is 1. The van der Waals surface area contributed by atoms with Crippen molar-refractivity contribution >= 4 is 39.0 Å². The number of fused-ring (bicyclic) bond motifs is 1. The topological polar surface area (TPSA) is 38.9 Å². The predicted molar refractivity (Wildman–Crippen MR) is 74.6 cm³/mol. The van der Waals surface area contributed by atoms with Gasteiger partial charge in [0.05, 0.1) is 10.2 Å². The first-order chi connectivity index (χ1) is 8.70. The molecule has 3 rings (SSSR count). The van der Waals surface area contributed by atoms with Gasteiger partial charge >= 0.3 is 0 Å². The third-order valence-electron chi connectivity index (χ3n) is 2.39. The summed E-state index contributed by atoms with van der Waals surface area (Å²) in [6, 6.07) is 12.1. The summed E-state index contributed by atoms with van der Waals surface area (Å²) in [7, 11) is 0. The van der Waals surface area contributed by atoms with Crippen LogP contribution in [0, 0.1) is 5.82 Å². The Morgan fingerprint density at radius 1 is 1.17 bits per heavy atom. The molecule has 5 heteroatoms. The van der Waals surface area contributed by atoms with Crippen LogP contribution in [0.3, 0.4) is 0 Å². The molecule has 0 amide bonds. The Bertz CT molecular complexity index is 709. The molecule has 1 aromatic heterocycles. The highest BCUT2D eigenvalue weighted by atomic mass is 32.2. The van der Waals surface area contributed by atoms with Crippen LogP contribution in [0.4, 0.5) is 10.1 Å². The van der Waals surface area contributed by atoms with Crippen molar-refractivity contribution in [1.82, 2.24) is 4.98 Å². The van der Waals surface area contributed by atoms with Crippen LogP contribution < -0.4 is 5.73 Å². The van der Waals surface area contributed by atoms with Crippen molar-refractivity contribution in [3.05, 3.63) is 48.3 Å². The zero-order valence-electron chi connectivity index (χ0n) is 9.26. The van der Waals surface area contributed by atoms with Crippen LogP contribution >= 0.6 is 23.1 Å². The van der Waals surface area contributed by atoms with Gasteiger partial charge in [0, 0.05) is 10.6 Å². The summed E-state index contributed by atoms with van der Waals surface area (Å²) >= 11 is 3.02. The lowest BCUT2D eigenvalue weighted by atomic mass is 10.3. The van der Waals surface area contributed by atoms with Crippen LogP contribution in [0.25, 0.3) is 10.2 Å². The van der Waals surface area contributed by atoms with E-state index in [4.69, 9.17) is 5.73 Å². The van der Waals surface area contributed by atoms with Crippen molar-refractivity contribution in [1.29, 1.82) is 0 Å². The van der Waals surface area contributed by atoms with Crippen LogP contribution in [0.1, 0.15) is 0 Å². The number of thiazole rings is 1. The lowest BCUT2D eigenvalue weighted by molar-refractivity contribution is 0.624. The molecule has 0 fully saturated rings. The summed E-state index contributed by atoms with van der Waals surface area (Å²) in [5.74, 6) is -0.231. The summed E-state index contributed by atoms with van der Waals surface area (Å²) < 4.78 is 15.0. The Morgan fingerprint density at radius 2 is 2.06 bits per heavy atom. The van der Waals surface area contributed by atoms with Gasteiger partial charge in [-0.25, -0.2) is 9.37 Å². The van der Waals surface area contributed by atoms with Gasteiger partial charge in [-0.3, -0.25) is 0 Å². The number of hydrogen-bond acceptors (Lipinski definition) is 4. The third-order valence-corrected chi connectivity index (χ3v) is 4.46. The third kappa shape index (κ3) is 2.32. The molecule has 2 N–H and O–H groups in total. The fourth-order valence-corrected chi connectivity index (χ4v) is 3.73. The highest BCUT2D eigenvalue weighted by Crippen LogP contribution is 2.35. The second kappa shape index (κ2) is 4.59. The van der Waals surface area contributed by atoms with E-state index in [2.05, 4.69) is 4.98 Å². The van der Waals surface area contributed by atoms with Crippen LogP contribution in [0.5, 0.6) is 0 Å². The number of hydrogen-bond donors (Lipinski definition) is 1. The average Bonchev–Trinajstić information content (AvgIpc) is 2.70. The lowest BCUT2D eigenvalue weighted by Crippen LogP contribution is -1.81. The molecule has 0 bridgehead atoms. The van der Waals surface area contributed by atoms with E-state index in [1.54, 1.807) is 17.4 Å². The molecule has 0 atom stereocenters. The van der Waals surface area contributed by atoms with Crippen LogP contribution in [0.15, 0.2) is 51.7 Å². The van der Waals surface area contributed by atoms with E-state index < -0.39 is 0 Å². The van der Waals surface area contributed by atoms with E-state index in [9.17, 15) is 4.39 Å². The fraction of sp³-hybridized carbons (Fsp3) is 0. The highest BCUT2D eigenvalue weighted by Gasteiger charge is 2.06. The summed E-state index contributed by atoms with van der Waals surface area (Å²) in [6.45, 7) is 0. The van der Waals surface area contributed by atoms with Gasteiger partial charge in [-0.2, -0.15) is 0 Å². The van der Waals surface area contributed by atoms with Crippen molar-refractivity contribution in [3.63, 3.8) is 0 Å². The van der Waals surface area contributed by atoms with Crippen molar-refractivity contribution in [2.24, 2.45) is 0 Å². The molecule has 3 aromatic rings. The van der Waals surface area contributed by atoms with E-state index in [0.29, 0.717) is 0 Å². The molecule has 2 aromatic carbocycles. The smallest absolute Gasteiger partial charge is 0.155 e. The highest BCUT2D eigenvalue weighted by molar-refractivity contribution is 8.01. The van der Waals surface area contributed by atoms with E-state index >= 15 is 0 Å². The summed E-state index contributed by atoms with van der Waals surface area (Å²) in [5.41, 5.74) is 7.38. The minimum atomic E-state index is -0.231. The average molecular weight is 276 g/mol. The monoisotopic (exact) mass is 276 g/mol. The fourth-order valence-electron chi connectivity index (χ4n) is 1.60. The SMILES string of the molecule is Nc1ccc2nc(Sc3cccc(F)c3)sc2c1.